The van der Waals surface area contributed by atoms with Gasteiger partial charge in [0, 0.05) is 37.2 Å². The van der Waals surface area contributed by atoms with Crippen molar-refractivity contribution in [2.45, 2.75) is 32.0 Å². The smallest absolute Gasteiger partial charge is 0.316 e. The summed E-state index contributed by atoms with van der Waals surface area (Å²) in [4.78, 5) is 28.8. The minimum Gasteiger partial charge on any atom is -0.457 e. The lowest BCUT2D eigenvalue weighted by molar-refractivity contribution is -0.139. The normalized spacial score (nSPS) is 11.1. The van der Waals surface area contributed by atoms with Crippen molar-refractivity contribution in [3.8, 4) is 0 Å². The van der Waals surface area contributed by atoms with E-state index in [9.17, 15) is 9.59 Å². The zero-order chi connectivity index (χ0) is 20.8. The number of esters is 1. The zero-order valence-electron chi connectivity index (χ0n) is 16.8. The molecule has 1 aromatic carbocycles. The molecule has 3 aromatic rings. The van der Waals surface area contributed by atoms with E-state index in [4.69, 9.17) is 13.9 Å². The van der Waals surface area contributed by atoms with Crippen molar-refractivity contribution in [1.82, 2.24) is 9.55 Å². The number of benzene rings is 1. The van der Waals surface area contributed by atoms with Crippen LogP contribution >= 0.6 is 11.8 Å². The zero-order valence-corrected chi connectivity index (χ0v) is 17.6. The van der Waals surface area contributed by atoms with Crippen LogP contribution in [-0.2, 0) is 20.8 Å². The number of aromatic nitrogens is 2. The van der Waals surface area contributed by atoms with Gasteiger partial charge in [-0.3, -0.25) is 9.59 Å². The molecular weight excluding hydrogens is 392 g/mol. The molecule has 0 aliphatic carbocycles. The van der Waals surface area contributed by atoms with Crippen molar-refractivity contribution in [3.63, 3.8) is 0 Å². The Balaban J connectivity index is 1.50. The summed E-state index contributed by atoms with van der Waals surface area (Å²) in [6.45, 7) is 5.02. The molecule has 2 aromatic heterocycles. The predicted molar refractivity (Wildman–Crippen MR) is 110 cm³/mol. The molecular formula is C21H24N2O5S. The van der Waals surface area contributed by atoms with Crippen LogP contribution in [0.15, 0.2) is 40.0 Å². The van der Waals surface area contributed by atoms with Crippen LogP contribution < -0.4 is 0 Å². The van der Waals surface area contributed by atoms with Gasteiger partial charge in [0.2, 0.25) is 5.78 Å². The lowest BCUT2D eigenvalue weighted by atomic mass is 10.1. The largest absolute Gasteiger partial charge is 0.457 e. The van der Waals surface area contributed by atoms with Crippen LogP contribution in [0.2, 0.25) is 0 Å². The number of nitrogens with zero attached hydrogens (tertiary/aromatic N) is 2. The summed E-state index contributed by atoms with van der Waals surface area (Å²) in [5.74, 6) is -0.674. The molecule has 8 heteroatoms. The molecule has 29 heavy (non-hydrogen) atoms. The van der Waals surface area contributed by atoms with Gasteiger partial charge in [0.15, 0.2) is 12.2 Å². The van der Waals surface area contributed by atoms with Gasteiger partial charge in [-0.2, -0.15) is 0 Å². The Hall–Kier alpha value is -2.58. The van der Waals surface area contributed by atoms with Gasteiger partial charge in [0.05, 0.1) is 0 Å². The summed E-state index contributed by atoms with van der Waals surface area (Å²) in [5, 5.41) is 0.397. The number of oxazole rings is 1. The fraction of sp³-hybridized carbons (Fsp3) is 0.381. The summed E-state index contributed by atoms with van der Waals surface area (Å²) in [6.07, 6.45) is 0.864. The fourth-order valence-corrected chi connectivity index (χ4v) is 3.73. The summed E-state index contributed by atoms with van der Waals surface area (Å²) in [6, 6.07) is 9.22. The van der Waals surface area contributed by atoms with Gasteiger partial charge in [-0.15, -0.1) is 0 Å². The van der Waals surface area contributed by atoms with Crippen molar-refractivity contribution in [2.24, 2.45) is 0 Å². The van der Waals surface area contributed by atoms with E-state index in [-0.39, 0.29) is 18.1 Å². The number of hydrogen-bond donors (Lipinski definition) is 0. The number of hydrogen-bond acceptors (Lipinski definition) is 7. The summed E-state index contributed by atoms with van der Waals surface area (Å²) in [7, 11) is 1.67. The van der Waals surface area contributed by atoms with E-state index in [1.54, 1.807) is 7.11 Å². The van der Waals surface area contributed by atoms with Crippen molar-refractivity contribution in [1.29, 1.82) is 0 Å². The molecule has 3 rings (SSSR count). The third-order valence-corrected chi connectivity index (χ3v) is 5.36. The molecule has 0 amide bonds. The molecule has 0 spiro atoms. The van der Waals surface area contributed by atoms with Gasteiger partial charge in [0.1, 0.15) is 11.3 Å². The van der Waals surface area contributed by atoms with Gasteiger partial charge in [0.25, 0.3) is 5.22 Å². The van der Waals surface area contributed by atoms with E-state index in [1.807, 2.05) is 44.2 Å². The Morgan fingerprint density at radius 3 is 2.79 bits per heavy atom. The van der Waals surface area contributed by atoms with Crippen molar-refractivity contribution >= 4 is 34.6 Å². The van der Waals surface area contributed by atoms with Crippen LogP contribution in [0.1, 0.15) is 28.2 Å². The van der Waals surface area contributed by atoms with Gasteiger partial charge < -0.3 is 18.5 Å². The van der Waals surface area contributed by atoms with Crippen LogP contribution in [-0.4, -0.2) is 47.4 Å². The molecule has 154 valence electrons. The van der Waals surface area contributed by atoms with Gasteiger partial charge in [-0.25, -0.2) is 4.98 Å². The second-order valence-corrected chi connectivity index (χ2v) is 7.53. The Bertz CT molecular complexity index is 975. The highest BCUT2D eigenvalue weighted by Crippen LogP contribution is 2.23. The second-order valence-electron chi connectivity index (χ2n) is 6.60. The average Bonchev–Trinajstić information content (AvgIpc) is 3.26. The average molecular weight is 416 g/mol. The number of thioether (sulfide) groups is 1. The SMILES string of the molecule is COCCCn1c(C)cc(C(=O)COC(=O)CSc2nc3ccccc3o2)c1C. The molecule has 0 radical (unpaired) electrons. The van der Waals surface area contributed by atoms with Crippen molar-refractivity contribution in [3.05, 3.63) is 47.3 Å². The Labute approximate surface area is 173 Å². The van der Waals surface area contributed by atoms with Crippen LogP contribution in [0.3, 0.4) is 0 Å². The summed E-state index contributed by atoms with van der Waals surface area (Å²) < 4.78 is 17.9. The molecule has 0 saturated carbocycles. The van der Waals surface area contributed by atoms with Crippen LogP contribution in [0, 0.1) is 13.8 Å². The molecule has 0 saturated heterocycles. The van der Waals surface area contributed by atoms with Gasteiger partial charge >= 0.3 is 5.97 Å². The van der Waals surface area contributed by atoms with E-state index in [1.165, 1.54) is 0 Å². The Morgan fingerprint density at radius 1 is 1.24 bits per heavy atom. The van der Waals surface area contributed by atoms with E-state index in [0.717, 1.165) is 41.6 Å². The van der Waals surface area contributed by atoms with E-state index in [0.29, 0.717) is 23.0 Å². The number of carbonyl (C=O) groups excluding carboxylic acids is 2. The molecule has 0 aliphatic rings. The maximum Gasteiger partial charge on any atom is 0.316 e. The minimum absolute atomic E-state index is 0.0239. The van der Waals surface area contributed by atoms with Crippen LogP contribution in [0.25, 0.3) is 11.1 Å². The first kappa shape index (κ1) is 21.1. The van der Waals surface area contributed by atoms with Crippen LogP contribution in [0.5, 0.6) is 0 Å². The first-order chi connectivity index (χ1) is 14.0. The topological polar surface area (TPSA) is 83.6 Å². The standard InChI is InChI=1S/C21H24N2O5S/c1-14-11-16(15(2)23(14)9-6-10-26-3)18(24)12-27-20(25)13-29-21-22-17-7-4-5-8-19(17)28-21/h4-5,7-8,11H,6,9-10,12-13H2,1-3H3. The first-order valence-corrected chi connectivity index (χ1v) is 10.3. The minimum atomic E-state index is -0.487. The predicted octanol–water partition coefficient (Wildman–Crippen LogP) is 3.80. The highest BCUT2D eigenvalue weighted by atomic mass is 32.2. The number of para-hydroxylation sites is 2. The number of methoxy groups -OCH3 is 1. The monoisotopic (exact) mass is 416 g/mol. The van der Waals surface area contributed by atoms with Crippen molar-refractivity contribution < 1.29 is 23.5 Å². The highest BCUT2D eigenvalue weighted by Gasteiger charge is 2.18. The van der Waals surface area contributed by atoms with Gasteiger partial charge in [-0.05, 0) is 38.5 Å². The van der Waals surface area contributed by atoms with Crippen molar-refractivity contribution in [2.75, 3.05) is 26.1 Å². The molecule has 0 atom stereocenters. The quantitative estimate of drug-likeness (QED) is 0.215. The molecule has 2 heterocycles. The third kappa shape index (κ3) is 5.27. The maximum absolute atomic E-state index is 12.5. The number of rotatable bonds is 10. The Morgan fingerprint density at radius 2 is 2.03 bits per heavy atom. The van der Waals surface area contributed by atoms with Gasteiger partial charge in [-0.1, -0.05) is 23.9 Å². The highest BCUT2D eigenvalue weighted by molar-refractivity contribution is 7.99. The van der Waals surface area contributed by atoms with E-state index >= 15 is 0 Å². The number of ether oxygens (including phenoxy) is 2. The van der Waals surface area contributed by atoms with E-state index < -0.39 is 5.97 Å². The number of ketones is 1. The number of carbonyl (C=O) groups is 2. The fourth-order valence-electron chi connectivity index (χ4n) is 3.09. The Kier molecular flexibility index (Phi) is 7.11. The molecule has 7 nitrogen and oxygen atoms in total. The molecule has 0 N–H and O–H groups in total. The summed E-state index contributed by atoms with van der Waals surface area (Å²) in [5.41, 5.74) is 3.86. The molecule has 0 aliphatic heterocycles. The first-order valence-electron chi connectivity index (χ1n) is 9.32. The van der Waals surface area contributed by atoms with E-state index in [2.05, 4.69) is 9.55 Å². The second kappa shape index (κ2) is 9.76. The molecule has 0 unspecified atom stereocenters. The van der Waals surface area contributed by atoms with Crippen LogP contribution in [0.4, 0.5) is 0 Å². The molecule has 0 bridgehead atoms. The molecule has 0 fully saturated rings. The maximum atomic E-state index is 12.5. The number of aryl methyl sites for hydroxylation is 1. The third-order valence-electron chi connectivity index (χ3n) is 4.56. The number of Topliss-reactive ketones (excluding diaryl/α,β-unsaturated/α-hetero) is 1. The lowest BCUT2D eigenvalue weighted by Gasteiger charge is -2.09. The lowest BCUT2D eigenvalue weighted by Crippen LogP contribution is -2.16. The number of fused-ring (bicyclic) bond motifs is 1. The summed E-state index contributed by atoms with van der Waals surface area (Å²) >= 11 is 1.14.